The molecule has 0 aliphatic carbocycles. The molecule has 7 heteroatoms. The lowest BCUT2D eigenvalue weighted by Gasteiger charge is -2.37. The molecule has 0 atom stereocenters. The van der Waals surface area contributed by atoms with Crippen molar-refractivity contribution >= 4 is 18.3 Å². The predicted octanol–water partition coefficient (Wildman–Crippen LogP) is 2.10. The van der Waals surface area contributed by atoms with Crippen molar-refractivity contribution in [3.63, 3.8) is 0 Å². The summed E-state index contributed by atoms with van der Waals surface area (Å²) in [5.74, 6) is -1.87. The zero-order valence-corrected chi connectivity index (χ0v) is 13.3. The minimum absolute atomic E-state index is 0. The van der Waals surface area contributed by atoms with Crippen LogP contribution in [-0.4, -0.2) is 37.6 Å². The van der Waals surface area contributed by atoms with Crippen LogP contribution in [0.5, 0.6) is 0 Å². The minimum atomic E-state index is -0.909. The SMILES string of the molecule is CN(Cc1ccc(F)c(F)c1)C(=O)C1(CN)CCOCC1.Cl. The second kappa shape index (κ2) is 7.85. The van der Waals surface area contributed by atoms with E-state index >= 15 is 0 Å². The maximum atomic E-state index is 13.2. The van der Waals surface area contributed by atoms with Gasteiger partial charge in [0, 0.05) is 33.4 Å². The molecule has 0 radical (unpaired) electrons. The van der Waals surface area contributed by atoms with Gasteiger partial charge in [-0.1, -0.05) is 6.07 Å². The van der Waals surface area contributed by atoms with Crippen LogP contribution in [0.4, 0.5) is 8.78 Å². The van der Waals surface area contributed by atoms with Gasteiger partial charge in [-0.2, -0.15) is 0 Å². The molecule has 1 heterocycles. The van der Waals surface area contributed by atoms with E-state index in [4.69, 9.17) is 10.5 Å². The first-order valence-corrected chi connectivity index (χ1v) is 6.96. The lowest BCUT2D eigenvalue weighted by Crippen LogP contribution is -2.49. The average molecular weight is 335 g/mol. The molecule has 1 aromatic rings. The number of hydrogen-bond acceptors (Lipinski definition) is 3. The Balaban J connectivity index is 0.00000242. The molecule has 22 heavy (non-hydrogen) atoms. The Morgan fingerprint density at radius 1 is 1.32 bits per heavy atom. The Hall–Kier alpha value is -1.24. The number of ether oxygens (including phenoxy) is 1. The number of carbonyl (C=O) groups is 1. The summed E-state index contributed by atoms with van der Waals surface area (Å²) in [5, 5.41) is 0. The van der Waals surface area contributed by atoms with Crippen LogP contribution in [0, 0.1) is 17.0 Å². The number of carbonyl (C=O) groups excluding carboxylic acids is 1. The van der Waals surface area contributed by atoms with Gasteiger partial charge in [0.25, 0.3) is 0 Å². The number of halogens is 3. The average Bonchev–Trinajstić information content (AvgIpc) is 2.50. The number of amides is 1. The van der Waals surface area contributed by atoms with Crippen molar-refractivity contribution in [3.8, 4) is 0 Å². The second-order valence-corrected chi connectivity index (χ2v) is 5.51. The van der Waals surface area contributed by atoms with Crippen LogP contribution < -0.4 is 5.73 Å². The molecule has 0 aromatic heterocycles. The molecular weight excluding hydrogens is 314 g/mol. The van der Waals surface area contributed by atoms with E-state index in [-0.39, 0.29) is 31.4 Å². The number of hydrogen-bond donors (Lipinski definition) is 1. The maximum absolute atomic E-state index is 13.2. The highest BCUT2D eigenvalue weighted by Crippen LogP contribution is 2.31. The molecule has 2 N–H and O–H groups in total. The largest absolute Gasteiger partial charge is 0.381 e. The summed E-state index contributed by atoms with van der Waals surface area (Å²) in [5.41, 5.74) is 5.74. The van der Waals surface area contributed by atoms with Gasteiger partial charge in [-0.25, -0.2) is 8.78 Å². The van der Waals surface area contributed by atoms with Gasteiger partial charge in [0.15, 0.2) is 11.6 Å². The van der Waals surface area contributed by atoms with Crippen molar-refractivity contribution < 1.29 is 18.3 Å². The first kappa shape index (κ1) is 18.8. The summed E-state index contributed by atoms with van der Waals surface area (Å²) < 4.78 is 31.4. The van der Waals surface area contributed by atoms with Gasteiger partial charge < -0.3 is 15.4 Å². The fraction of sp³-hybridized carbons (Fsp3) is 0.533. The number of benzene rings is 1. The highest BCUT2D eigenvalue weighted by atomic mass is 35.5. The van der Waals surface area contributed by atoms with Crippen molar-refractivity contribution in [1.82, 2.24) is 4.90 Å². The molecule has 1 fully saturated rings. The monoisotopic (exact) mass is 334 g/mol. The van der Waals surface area contributed by atoms with Crippen LogP contribution in [0.3, 0.4) is 0 Å². The Labute approximate surface area is 135 Å². The summed E-state index contributed by atoms with van der Waals surface area (Å²) in [6, 6.07) is 3.65. The highest BCUT2D eigenvalue weighted by Gasteiger charge is 2.40. The van der Waals surface area contributed by atoms with E-state index in [9.17, 15) is 13.6 Å². The molecule has 1 aliphatic rings. The third kappa shape index (κ3) is 3.94. The minimum Gasteiger partial charge on any atom is -0.381 e. The van der Waals surface area contributed by atoms with E-state index in [1.165, 1.54) is 11.0 Å². The van der Waals surface area contributed by atoms with E-state index in [1.54, 1.807) is 7.05 Å². The van der Waals surface area contributed by atoms with Crippen LogP contribution >= 0.6 is 12.4 Å². The standard InChI is InChI=1S/C15H20F2N2O2.ClH/c1-19(9-11-2-3-12(16)13(17)8-11)14(20)15(10-18)4-6-21-7-5-15;/h2-3,8H,4-7,9-10,18H2,1H3;1H. The molecule has 0 spiro atoms. The fourth-order valence-electron chi connectivity index (χ4n) is 2.66. The third-order valence-electron chi connectivity index (χ3n) is 4.04. The molecular formula is C15H21ClF2N2O2. The van der Waals surface area contributed by atoms with Gasteiger partial charge in [-0.3, -0.25) is 4.79 Å². The molecule has 1 saturated heterocycles. The highest BCUT2D eigenvalue weighted by molar-refractivity contribution is 5.85. The predicted molar refractivity (Wildman–Crippen MR) is 81.6 cm³/mol. The molecule has 1 amide bonds. The summed E-state index contributed by atoms with van der Waals surface area (Å²) >= 11 is 0. The molecule has 1 aromatic carbocycles. The number of nitrogens with two attached hydrogens (primary N) is 1. The van der Waals surface area contributed by atoms with Crippen molar-refractivity contribution in [2.24, 2.45) is 11.1 Å². The zero-order valence-electron chi connectivity index (χ0n) is 12.5. The van der Waals surface area contributed by atoms with Crippen LogP contribution in [0.15, 0.2) is 18.2 Å². The van der Waals surface area contributed by atoms with Crippen molar-refractivity contribution in [2.45, 2.75) is 19.4 Å². The van der Waals surface area contributed by atoms with Crippen molar-refractivity contribution in [3.05, 3.63) is 35.4 Å². The van der Waals surface area contributed by atoms with E-state index in [0.29, 0.717) is 31.6 Å². The summed E-state index contributed by atoms with van der Waals surface area (Å²) in [6.45, 7) is 1.51. The Bertz CT molecular complexity index is 522. The van der Waals surface area contributed by atoms with Gasteiger partial charge in [-0.05, 0) is 30.5 Å². The summed E-state index contributed by atoms with van der Waals surface area (Å²) in [4.78, 5) is 14.1. The van der Waals surface area contributed by atoms with Crippen molar-refractivity contribution in [1.29, 1.82) is 0 Å². The second-order valence-electron chi connectivity index (χ2n) is 5.51. The first-order chi connectivity index (χ1) is 9.98. The lowest BCUT2D eigenvalue weighted by atomic mass is 9.79. The molecule has 0 saturated carbocycles. The summed E-state index contributed by atoms with van der Waals surface area (Å²) in [7, 11) is 1.65. The molecule has 0 bridgehead atoms. The number of nitrogens with zero attached hydrogens (tertiary/aromatic N) is 1. The van der Waals surface area contributed by atoms with Crippen LogP contribution in [-0.2, 0) is 16.1 Å². The smallest absolute Gasteiger partial charge is 0.230 e. The van der Waals surface area contributed by atoms with Crippen LogP contribution in [0.1, 0.15) is 18.4 Å². The van der Waals surface area contributed by atoms with Gasteiger partial charge >= 0.3 is 0 Å². The fourth-order valence-corrected chi connectivity index (χ4v) is 2.66. The normalized spacial score (nSPS) is 16.7. The van der Waals surface area contributed by atoms with Crippen LogP contribution in [0.25, 0.3) is 0 Å². The molecule has 1 aliphatic heterocycles. The van der Waals surface area contributed by atoms with Crippen LogP contribution in [0.2, 0.25) is 0 Å². The Morgan fingerprint density at radius 2 is 1.95 bits per heavy atom. The van der Waals surface area contributed by atoms with Gasteiger partial charge in [0.2, 0.25) is 5.91 Å². The Morgan fingerprint density at radius 3 is 2.50 bits per heavy atom. The quantitative estimate of drug-likeness (QED) is 0.917. The van der Waals surface area contributed by atoms with Gasteiger partial charge in [-0.15, -0.1) is 12.4 Å². The lowest BCUT2D eigenvalue weighted by molar-refractivity contribution is -0.146. The van der Waals surface area contributed by atoms with Crippen molar-refractivity contribution in [2.75, 3.05) is 26.8 Å². The van der Waals surface area contributed by atoms with E-state index in [2.05, 4.69) is 0 Å². The maximum Gasteiger partial charge on any atom is 0.230 e. The molecule has 2 rings (SSSR count). The first-order valence-electron chi connectivity index (χ1n) is 6.96. The molecule has 4 nitrogen and oxygen atoms in total. The van der Waals surface area contributed by atoms with E-state index in [1.807, 2.05) is 0 Å². The Kier molecular flexibility index (Phi) is 6.71. The van der Waals surface area contributed by atoms with Gasteiger partial charge in [0.1, 0.15) is 0 Å². The molecule has 124 valence electrons. The summed E-state index contributed by atoms with van der Waals surface area (Å²) in [6.07, 6.45) is 1.18. The third-order valence-corrected chi connectivity index (χ3v) is 4.04. The number of rotatable bonds is 4. The van der Waals surface area contributed by atoms with E-state index < -0.39 is 17.0 Å². The molecule has 0 unspecified atom stereocenters. The van der Waals surface area contributed by atoms with E-state index in [0.717, 1.165) is 12.1 Å². The topological polar surface area (TPSA) is 55.6 Å². The zero-order chi connectivity index (χ0) is 15.5. The van der Waals surface area contributed by atoms with Gasteiger partial charge in [0.05, 0.1) is 5.41 Å².